The van der Waals surface area contributed by atoms with Gasteiger partial charge >= 0.3 is 0 Å². The van der Waals surface area contributed by atoms with Crippen LogP contribution >= 0.6 is 0 Å². The van der Waals surface area contributed by atoms with Gasteiger partial charge in [0.1, 0.15) is 5.76 Å². The van der Waals surface area contributed by atoms with Gasteiger partial charge in [0.15, 0.2) is 0 Å². The Balaban J connectivity index is 1.99. The molecule has 0 bridgehead atoms. The number of amides is 1. The Hall–Kier alpha value is -1.29. The lowest BCUT2D eigenvalue weighted by Crippen LogP contribution is -2.25. The number of carbonyl (C=O) groups is 1. The third kappa shape index (κ3) is 5.22. The molecule has 0 unspecified atom stereocenters. The van der Waals surface area contributed by atoms with Crippen LogP contribution in [0.25, 0.3) is 0 Å². The van der Waals surface area contributed by atoms with Gasteiger partial charge in [-0.3, -0.25) is 4.79 Å². The standard InChI is InChI=1S/C11H18N2O2/c12-7-1-6-11(14)13-8-2-4-10-5-3-9-15-10/h3,5,9H,1-2,4,6-8,12H2,(H,13,14). The summed E-state index contributed by atoms with van der Waals surface area (Å²) in [6.45, 7) is 1.27. The van der Waals surface area contributed by atoms with E-state index in [1.165, 1.54) is 0 Å². The first kappa shape index (κ1) is 11.8. The lowest BCUT2D eigenvalue weighted by Gasteiger charge is -2.03. The maximum absolute atomic E-state index is 11.2. The highest BCUT2D eigenvalue weighted by atomic mass is 16.3. The number of hydrogen-bond acceptors (Lipinski definition) is 3. The number of nitrogens with one attached hydrogen (secondary N) is 1. The molecular weight excluding hydrogens is 192 g/mol. The molecule has 0 atom stereocenters. The second kappa shape index (κ2) is 7.06. The summed E-state index contributed by atoms with van der Waals surface area (Å²) >= 11 is 0. The van der Waals surface area contributed by atoms with Gasteiger partial charge in [0.2, 0.25) is 5.91 Å². The first-order chi connectivity index (χ1) is 7.33. The minimum absolute atomic E-state index is 0.0832. The van der Waals surface area contributed by atoms with Gasteiger partial charge in [-0.25, -0.2) is 0 Å². The van der Waals surface area contributed by atoms with Crippen molar-refractivity contribution in [3.8, 4) is 0 Å². The van der Waals surface area contributed by atoms with E-state index in [9.17, 15) is 4.79 Å². The van der Waals surface area contributed by atoms with E-state index in [2.05, 4.69) is 5.32 Å². The maximum Gasteiger partial charge on any atom is 0.220 e. The van der Waals surface area contributed by atoms with Crippen LogP contribution in [0.1, 0.15) is 25.0 Å². The van der Waals surface area contributed by atoms with E-state index in [4.69, 9.17) is 10.2 Å². The number of rotatable bonds is 7. The van der Waals surface area contributed by atoms with Crippen molar-refractivity contribution in [2.45, 2.75) is 25.7 Å². The quantitative estimate of drug-likeness (QED) is 0.661. The molecule has 1 heterocycles. The van der Waals surface area contributed by atoms with E-state index in [1.54, 1.807) is 6.26 Å². The Labute approximate surface area is 89.8 Å². The zero-order valence-electron chi connectivity index (χ0n) is 8.87. The van der Waals surface area contributed by atoms with Crippen molar-refractivity contribution in [1.29, 1.82) is 0 Å². The molecule has 0 aromatic carbocycles. The molecule has 4 nitrogen and oxygen atoms in total. The van der Waals surface area contributed by atoms with Gasteiger partial charge < -0.3 is 15.5 Å². The Kier molecular flexibility index (Phi) is 5.55. The van der Waals surface area contributed by atoms with Crippen LogP contribution in [-0.2, 0) is 11.2 Å². The lowest BCUT2D eigenvalue weighted by molar-refractivity contribution is -0.121. The Morgan fingerprint density at radius 2 is 2.33 bits per heavy atom. The molecular formula is C11H18N2O2. The van der Waals surface area contributed by atoms with Crippen molar-refractivity contribution in [3.05, 3.63) is 24.2 Å². The van der Waals surface area contributed by atoms with Crippen molar-refractivity contribution in [2.24, 2.45) is 5.73 Å². The SMILES string of the molecule is NCCCC(=O)NCCCc1ccco1. The molecule has 84 valence electrons. The number of nitrogens with two attached hydrogens (primary N) is 1. The molecule has 1 aromatic rings. The summed E-state index contributed by atoms with van der Waals surface area (Å²) in [6.07, 6.45) is 4.71. The summed E-state index contributed by atoms with van der Waals surface area (Å²) in [5, 5.41) is 2.84. The van der Waals surface area contributed by atoms with Crippen molar-refractivity contribution in [3.63, 3.8) is 0 Å². The fourth-order valence-electron chi connectivity index (χ4n) is 1.30. The van der Waals surface area contributed by atoms with Gasteiger partial charge in [-0.05, 0) is 31.5 Å². The molecule has 0 aliphatic rings. The first-order valence-corrected chi connectivity index (χ1v) is 5.32. The Bertz CT molecular complexity index is 270. The molecule has 1 amide bonds. The number of hydrogen-bond donors (Lipinski definition) is 2. The topological polar surface area (TPSA) is 68.3 Å². The van der Waals surface area contributed by atoms with Crippen LogP contribution in [0.5, 0.6) is 0 Å². The van der Waals surface area contributed by atoms with Crippen molar-refractivity contribution >= 4 is 5.91 Å². The predicted octanol–water partition coefficient (Wildman–Crippen LogP) is 1.07. The van der Waals surface area contributed by atoms with E-state index in [0.717, 1.165) is 25.0 Å². The van der Waals surface area contributed by atoms with Gasteiger partial charge in [0, 0.05) is 19.4 Å². The van der Waals surface area contributed by atoms with Crippen LogP contribution in [0.4, 0.5) is 0 Å². The molecule has 15 heavy (non-hydrogen) atoms. The highest BCUT2D eigenvalue weighted by Crippen LogP contribution is 2.02. The summed E-state index contributed by atoms with van der Waals surface area (Å²) in [5.74, 6) is 1.05. The first-order valence-electron chi connectivity index (χ1n) is 5.32. The zero-order valence-corrected chi connectivity index (χ0v) is 8.87. The van der Waals surface area contributed by atoms with Crippen LogP contribution in [0.15, 0.2) is 22.8 Å². The second-order valence-electron chi connectivity index (χ2n) is 3.43. The lowest BCUT2D eigenvalue weighted by atomic mass is 10.2. The number of carbonyl (C=O) groups excluding carboxylic acids is 1. The smallest absolute Gasteiger partial charge is 0.220 e. The summed E-state index contributed by atoms with van der Waals surface area (Å²) in [7, 11) is 0. The van der Waals surface area contributed by atoms with Crippen LogP contribution in [-0.4, -0.2) is 19.0 Å². The van der Waals surface area contributed by atoms with E-state index in [1.807, 2.05) is 12.1 Å². The molecule has 1 aromatic heterocycles. The average molecular weight is 210 g/mol. The normalized spacial score (nSPS) is 10.2. The van der Waals surface area contributed by atoms with Crippen LogP contribution in [0.2, 0.25) is 0 Å². The van der Waals surface area contributed by atoms with Crippen molar-refractivity contribution < 1.29 is 9.21 Å². The van der Waals surface area contributed by atoms with Crippen molar-refractivity contribution in [2.75, 3.05) is 13.1 Å². The minimum atomic E-state index is 0.0832. The molecule has 0 saturated carbocycles. The highest BCUT2D eigenvalue weighted by Gasteiger charge is 2.00. The Morgan fingerprint density at radius 1 is 1.47 bits per heavy atom. The molecule has 3 N–H and O–H groups in total. The van der Waals surface area contributed by atoms with Crippen LogP contribution in [0.3, 0.4) is 0 Å². The van der Waals surface area contributed by atoms with E-state index in [-0.39, 0.29) is 5.91 Å². The summed E-state index contributed by atoms with van der Waals surface area (Å²) in [6, 6.07) is 3.81. The molecule has 0 radical (unpaired) electrons. The molecule has 0 saturated heterocycles. The molecule has 0 spiro atoms. The second-order valence-corrected chi connectivity index (χ2v) is 3.43. The number of aryl methyl sites for hydroxylation is 1. The number of furan rings is 1. The average Bonchev–Trinajstić information content (AvgIpc) is 2.74. The van der Waals surface area contributed by atoms with Crippen LogP contribution < -0.4 is 11.1 Å². The van der Waals surface area contributed by atoms with Crippen molar-refractivity contribution in [1.82, 2.24) is 5.32 Å². The van der Waals surface area contributed by atoms with Crippen LogP contribution in [0, 0.1) is 0 Å². The monoisotopic (exact) mass is 210 g/mol. The fourth-order valence-corrected chi connectivity index (χ4v) is 1.30. The molecule has 1 rings (SSSR count). The van der Waals surface area contributed by atoms with Gasteiger partial charge in [0.25, 0.3) is 0 Å². The van der Waals surface area contributed by atoms with E-state index >= 15 is 0 Å². The molecule has 0 aliphatic carbocycles. The molecule has 0 aliphatic heterocycles. The van der Waals surface area contributed by atoms with E-state index < -0.39 is 0 Å². The molecule has 0 fully saturated rings. The summed E-state index contributed by atoms with van der Waals surface area (Å²) in [5.41, 5.74) is 5.30. The largest absolute Gasteiger partial charge is 0.469 e. The third-order valence-electron chi connectivity index (χ3n) is 2.11. The van der Waals surface area contributed by atoms with Gasteiger partial charge in [-0.15, -0.1) is 0 Å². The predicted molar refractivity (Wildman–Crippen MR) is 58.3 cm³/mol. The third-order valence-corrected chi connectivity index (χ3v) is 2.11. The summed E-state index contributed by atoms with van der Waals surface area (Å²) in [4.78, 5) is 11.2. The zero-order chi connectivity index (χ0) is 10.9. The highest BCUT2D eigenvalue weighted by molar-refractivity contribution is 5.75. The van der Waals surface area contributed by atoms with Gasteiger partial charge in [-0.1, -0.05) is 0 Å². The van der Waals surface area contributed by atoms with Gasteiger partial charge in [-0.2, -0.15) is 0 Å². The van der Waals surface area contributed by atoms with E-state index in [0.29, 0.717) is 19.5 Å². The fraction of sp³-hybridized carbons (Fsp3) is 0.545. The molecule has 4 heteroatoms. The minimum Gasteiger partial charge on any atom is -0.469 e. The Morgan fingerprint density at radius 3 is 3.00 bits per heavy atom. The maximum atomic E-state index is 11.2. The summed E-state index contributed by atoms with van der Waals surface area (Å²) < 4.78 is 5.18. The van der Waals surface area contributed by atoms with Gasteiger partial charge in [0.05, 0.1) is 6.26 Å².